The van der Waals surface area contributed by atoms with E-state index in [1.807, 2.05) is 0 Å². The molecule has 28 nitrogen and oxygen atoms in total. The lowest BCUT2D eigenvalue weighted by atomic mass is 10.0. The number of nitrogens with one attached hydrogen (secondary N) is 4. The molecule has 83 heavy (non-hydrogen) atoms. The maximum Gasteiger partial charge on any atom is 0.296 e. The van der Waals surface area contributed by atoms with Crippen LogP contribution in [0.4, 0.5) is 69.3 Å². The molecule has 0 amide bonds. The largest absolute Gasteiger partial charge is 0.505 e. The Morgan fingerprint density at radius 2 is 0.940 bits per heavy atom. The number of aromatic nitrogens is 6. The van der Waals surface area contributed by atoms with E-state index in [2.05, 4.69) is 71.6 Å². The average molecular weight is 1240 g/mol. The fourth-order valence-corrected chi connectivity index (χ4v) is 11.0. The molecule has 0 saturated carbocycles. The van der Waals surface area contributed by atoms with E-state index < -0.39 is 66.7 Å². The smallest absolute Gasteiger partial charge is 0.296 e. The number of aromatic hydroxyl groups is 2. The minimum absolute atomic E-state index is 0.0180. The zero-order chi connectivity index (χ0) is 59.3. The monoisotopic (exact) mass is 1240 g/mol. The summed E-state index contributed by atoms with van der Waals surface area (Å²) in [6, 6.07) is 28.3. The maximum absolute atomic E-state index is 12.4. The summed E-state index contributed by atoms with van der Waals surface area (Å²) in [5, 5.41) is 51.0. The predicted octanol–water partition coefficient (Wildman–Crippen LogP) is 11.3. The molecule has 2 aromatic heterocycles. The molecule has 0 bridgehead atoms. The van der Waals surface area contributed by atoms with Crippen LogP contribution in [-0.4, -0.2) is 92.0 Å². The van der Waals surface area contributed by atoms with Crippen LogP contribution in [0.1, 0.15) is 5.56 Å². The second-order valence-corrected chi connectivity index (χ2v) is 23.8. The van der Waals surface area contributed by atoms with Crippen LogP contribution in [0.3, 0.4) is 0 Å². The average Bonchev–Trinajstić information content (AvgIpc) is 1.94. The molecule has 0 aliphatic rings. The predicted molar refractivity (Wildman–Crippen MR) is 303 cm³/mol. The molecule has 10 N–H and O–H groups in total. The third-order valence-corrected chi connectivity index (χ3v) is 15.7. The number of phenols is 2. The molecular formula is C49H34Cl2N14O14S4. The van der Waals surface area contributed by atoms with Crippen LogP contribution in [0.15, 0.2) is 167 Å². The molecule has 10 aromatic rings. The Morgan fingerprint density at radius 1 is 0.434 bits per heavy atom. The number of aryl methyl sites for hydroxylation is 1. The summed E-state index contributed by atoms with van der Waals surface area (Å²) in [6.07, 6.45) is 0. The Balaban J connectivity index is 0.892. The number of anilines is 8. The second-order valence-electron chi connectivity index (χ2n) is 17.5. The van der Waals surface area contributed by atoms with Crippen molar-refractivity contribution in [3.05, 3.63) is 144 Å². The van der Waals surface area contributed by atoms with Crippen molar-refractivity contribution in [2.24, 2.45) is 20.5 Å². The van der Waals surface area contributed by atoms with Gasteiger partial charge in [-0.15, -0.1) is 15.3 Å². The Labute approximate surface area is 477 Å². The number of benzene rings is 8. The van der Waals surface area contributed by atoms with Crippen LogP contribution in [0, 0.1) is 6.92 Å². The molecular weight excluding hydrogens is 1210 g/mol. The molecule has 2 heterocycles. The molecule has 0 radical (unpaired) electrons. The third-order valence-electron chi connectivity index (χ3n) is 11.9. The summed E-state index contributed by atoms with van der Waals surface area (Å²) in [7, 11) is -18.9. The zero-order valence-electron chi connectivity index (χ0n) is 41.4. The van der Waals surface area contributed by atoms with Gasteiger partial charge in [0.2, 0.25) is 34.4 Å². The van der Waals surface area contributed by atoms with E-state index in [1.165, 1.54) is 73.7 Å². The Bertz CT molecular complexity index is 4900. The van der Waals surface area contributed by atoms with E-state index in [-0.39, 0.29) is 106 Å². The molecule has 34 heteroatoms. The van der Waals surface area contributed by atoms with Crippen molar-refractivity contribution in [3.8, 4) is 11.5 Å². The lowest BCUT2D eigenvalue weighted by Gasteiger charge is -2.15. The number of nitrogens with zero attached hydrogens (tertiary/aromatic N) is 10. The van der Waals surface area contributed by atoms with Crippen LogP contribution in [0.25, 0.3) is 32.3 Å². The second kappa shape index (κ2) is 21.9. The number of rotatable bonds is 16. The van der Waals surface area contributed by atoms with Crippen molar-refractivity contribution in [1.29, 1.82) is 0 Å². The quantitative estimate of drug-likeness (QED) is 0.0317. The van der Waals surface area contributed by atoms with Crippen molar-refractivity contribution in [3.63, 3.8) is 0 Å². The summed E-state index contributed by atoms with van der Waals surface area (Å²) in [4.78, 5) is 23.0. The number of phenolic OH excluding ortho intramolecular Hbond substituents is 2. The van der Waals surface area contributed by atoms with E-state index in [9.17, 15) is 62.1 Å². The standard InChI is InChI=1S/C49H34Cl2N14O14S4/c1-23-17-26-20-31(81(71,72)73)22-36(40(26)43(67)41(23)65-63-33-6-2-3-7-38(33)83(77,78)79)55-49-59-45(51)57-47(61-49)53-28-12-10-27(11-13-28)52-46-56-44(50)58-48(60-46)54-35-21-30(80(68,69)70)19-25-9-16-34(42(66)39(25)35)64-62-29-14-15-32-24(18-29)5-4-8-37(32)82(74,75)76/h2-22,66-67H,1H3,(H,68,69,70)(H,71,72,73)(H,74,75,76)(H,77,78,79)(H2,52,54,56,58,60)(H2,53,55,57,59,61)/b64-62+,65-63+. The Hall–Kier alpha value is -9.22. The van der Waals surface area contributed by atoms with Gasteiger partial charge in [-0.1, -0.05) is 36.4 Å². The molecule has 0 aliphatic carbocycles. The third kappa shape index (κ3) is 12.6. The molecule has 0 saturated heterocycles. The van der Waals surface area contributed by atoms with Crippen LogP contribution < -0.4 is 21.3 Å². The Morgan fingerprint density at radius 3 is 1.49 bits per heavy atom. The first-order valence-electron chi connectivity index (χ1n) is 23.1. The summed E-state index contributed by atoms with van der Waals surface area (Å²) < 4.78 is 137. The minimum atomic E-state index is -4.86. The lowest BCUT2D eigenvalue weighted by molar-refractivity contribution is 0.480. The van der Waals surface area contributed by atoms with Crippen molar-refractivity contribution in [1.82, 2.24) is 29.9 Å². The van der Waals surface area contributed by atoms with Crippen molar-refractivity contribution in [2.75, 3.05) is 21.3 Å². The van der Waals surface area contributed by atoms with Crippen molar-refractivity contribution >= 4 is 165 Å². The first kappa shape index (κ1) is 57.0. The maximum atomic E-state index is 12.4. The van der Waals surface area contributed by atoms with Gasteiger partial charge in [0.05, 0.1) is 26.9 Å². The van der Waals surface area contributed by atoms with E-state index in [1.54, 1.807) is 30.3 Å². The normalized spacial score (nSPS) is 12.4. The van der Waals surface area contributed by atoms with Crippen LogP contribution in [0.2, 0.25) is 10.6 Å². The zero-order valence-corrected chi connectivity index (χ0v) is 46.2. The van der Waals surface area contributed by atoms with Gasteiger partial charge < -0.3 is 31.5 Å². The van der Waals surface area contributed by atoms with Gasteiger partial charge in [-0.05, 0) is 143 Å². The fraction of sp³-hybridized carbons (Fsp3) is 0.0204. The van der Waals surface area contributed by atoms with Gasteiger partial charge >= 0.3 is 0 Å². The molecule has 0 aliphatic heterocycles. The fourth-order valence-electron chi connectivity index (χ4n) is 8.29. The lowest BCUT2D eigenvalue weighted by Crippen LogP contribution is -2.06. The van der Waals surface area contributed by atoms with Crippen LogP contribution in [0.5, 0.6) is 11.5 Å². The van der Waals surface area contributed by atoms with Crippen LogP contribution in [-0.2, 0) is 40.5 Å². The molecule has 0 unspecified atom stereocenters. The summed E-state index contributed by atoms with van der Waals surface area (Å²) >= 11 is 12.6. The molecule has 422 valence electrons. The number of azo groups is 2. The summed E-state index contributed by atoms with van der Waals surface area (Å²) in [6.45, 7) is 1.49. The molecule has 10 rings (SSSR count). The first-order valence-corrected chi connectivity index (χ1v) is 29.6. The molecule has 0 fully saturated rings. The SMILES string of the molecule is Cc1cc2cc(S(=O)(=O)O)cc(Nc3nc(Cl)nc(Nc4ccc(Nc5nc(Cl)nc(Nc6cc(S(=O)(=O)O)cc7ccc(/N=N/c8ccc9c(S(=O)(=O)O)cccc9c8)c(O)c67)n5)cc4)n3)c2c(O)c1/N=N/c1ccccc1S(=O)(=O)O. The van der Waals surface area contributed by atoms with Gasteiger partial charge in [-0.25, -0.2) is 0 Å². The van der Waals surface area contributed by atoms with Gasteiger partial charge in [0.15, 0.2) is 11.5 Å². The van der Waals surface area contributed by atoms with Crippen LogP contribution >= 0.6 is 23.2 Å². The van der Waals surface area contributed by atoms with E-state index in [0.29, 0.717) is 16.8 Å². The molecule has 8 aromatic carbocycles. The van der Waals surface area contributed by atoms with Crippen molar-refractivity contribution in [2.45, 2.75) is 26.5 Å². The molecule has 0 atom stereocenters. The number of hydrogen-bond donors (Lipinski definition) is 10. The van der Waals surface area contributed by atoms with E-state index in [0.717, 1.165) is 30.3 Å². The van der Waals surface area contributed by atoms with Gasteiger partial charge in [-0.3, -0.25) is 18.2 Å². The van der Waals surface area contributed by atoms with Gasteiger partial charge in [0.25, 0.3) is 40.5 Å². The highest BCUT2D eigenvalue weighted by molar-refractivity contribution is 7.86. The number of fused-ring (bicyclic) bond motifs is 3. The highest BCUT2D eigenvalue weighted by Crippen LogP contribution is 2.45. The van der Waals surface area contributed by atoms with Gasteiger partial charge in [0.1, 0.15) is 26.9 Å². The first-order chi connectivity index (χ1) is 39.1. The summed E-state index contributed by atoms with van der Waals surface area (Å²) in [5.74, 6) is -1.91. The van der Waals surface area contributed by atoms with Gasteiger partial charge in [-0.2, -0.15) is 68.7 Å². The highest BCUT2D eigenvalue weighted by atomic mass is 35.5. The number of halogens is 2. The number of hydrogen-bond acceptors (Lipinski definition) is 24. The van der Waals surface area contributed by atoms with Crippen molar-refractivity contribution < 1.29 is 62.1 Å². The van der Waals surface area contributed by atoms with E-state index in [4.69, 9.17) is 23.2 Å². The topological polar surface area (TPSA) is 433 Å². The van der Waals surface area contributed by atoms with Gasteiger partial charge in [0, 0.05) is 27.5 Å². The Kier molecular flexibility index (Phi) is 15.1. The highest BCUT2D eigenvalue weighted by Gasteiger charge is 2.23. The molecule has 0 spiro atoms. The minimum Gasteiger partial charge on any atom is -0.505 e. The van der Waals surface area contributed by atoms with E-state index >= 15 is 0 Å². The summed E-state index contributed by atoms with van der Waals surface area (Å²) in [5.41, 5.74) is 0.340.